The Balaban J connectivity index is 1.60. The van der Waals surface area contributed by atoms with E-state index >= 15 is 0 Å². The standard InChI is InChI=1S/C21H21N5O2/c1-13-11-26-12-18(24-20(26)14(2)23-13)17-9-15-3-4-16(10-19(15)28-21(17)27)25-7-5-22-6-8-25/h3-4,9-12,22H,5-8H2,1-2H3. The van der Waals surface area contributed by atoms with Crippen molar-refractivity contribution in [3.05, 3.63) is 58.5 Å². The van der Waals surface area contributed by atoms with Gasteiger partial charge in [0.05, 0.1) is 22.6 Å². The van der Waals surface area contributed by atoms with Gasteiger partial charge in [-0.1, -0.05) is 0 Å². The lowest BCUT2D eigenvalue weighted by Crippen LogP contribution is -2.43. The van der Waals surface area contributed by atoms with Crippen molar-refractivity contribution in [2.45, 2.75) is 13.8 Å². The van der Waals surface area contributed by atoms with Gasteiger partial charge >= 0.3 is 5.63 Å². The molecule has 4 aromatic rings. The summed E-state index contributed by atoms with van der Waals surface area (Å²) < 4.78 is 7.57. The van der Waals surface area contributed by atoms with E-state index in [1.54, 1.807) is 0 Å². The molecule has 0 spiro atoms. The predicted octanol–water partition coefficient (Wildman–Crippen LogP) is 2.53. The van der Waals surface area contributed by atoms with Gasteiger partial charge in [-0.2, -0.15) is 0 Å². The summed E-state index contributed by atoms with van der Waals surface area (Å²) >= 11 is 0. The number of aryl methyl sites for hydroxylation is 2. The highest BCUT2D eigenvalue weighted by Crippen LogP contribution is 2.25. The summed E-state index contributed by atoms with van der Waals surface area (Å²) in [4.78, 5) is 24.0. The number of hydrogen-bond acceptors (Lipinski definition) is 6. The third kappa shape index (κ3) is 2.84. The van der Waals surface area contributed by atoms with E-state index in [2.05, 4.69) is 26.3 Å². The minimum atomic E-state index is -0.379. The highest BCUT2D eigenvalue weighted by atomic mass is 16.4. The number of anilines is 1. The largest absolute Gasteiger partial charge is 0.422 e. The van der Waals surface area contributed by atoms with Crippen LogP contribution in [0.15, 0.2) is 45.9 Å². The topological polar surface area (TPSA) is 75.7 Å². The SMILES string of the molecule is Cc1cn2cc(-c3cc4ccc(N5CCNCC5)cc4oc3=O)nc2c(C)n1. The molecule has 0 atom stereocenters. The zero-order valence-corrected chi connectivity index (χ0v) is 15.9. The van der Waals surface area contributed by atoms with Gasteiger partial charge in [0.2, 0.25) is 0 Å². The summed E-state index contributed by atoms with van der Waals surface area (Å²) in [6.07, 6.45) is 3.76. The Bertz CT molecular complexity index is 1250. The Hall–Kier alpha value is -3.19. The van der Waals surface area contributed by atoms with Gasteiger partial charge in [0, 0.05) is 55.7 Å². The fourth-order valence-corrected chi connectivity index (χ4v) is 3.83. The molecule has 1 saturated heterocycles. The Morgan fingerprint density at radius 2 is 1.89 bits per heavy atom. The number of nitrogens with one attached hydrogen (secondary N) is 1. The van der Waals surface area contributed by atoms with Crippen LogP contribution >= 0.6 is 0 Å². The predicted molar refractivity (Wildman–Crippen MR) is 109 cm³/mol. The minimum Gasteiger partial charge on any atom is -0.422 e. The number of hydrogen-bond donors (Lipinski definition) is 1. The zero-order valence-electron chi connectivity index (χ0n) is 15.9. The lowest BCUT2D eigenvalue weighted by Gasteiger charge is -2.29. The van der Waals surface area contributed by atoms with Crippen molar-refractivity contribution in [1.29, 1.82) is 0 Å². The zero-order chi connectivity index (χ0) is 19.3. The van der Waals surface area contributed by atoms with Crippen LogP contribution in [-0.4, -0.2) is 40.5 Å². The van der Waals surface area contributed by atoms with Crippen LogP contribution in [0.25, 0.3) is 27.9 Å². The van der Waals surface area contributed by atoms with E-state index in [0.717, 1.165) is 54.3 Å². The molecule has 7 heteroatoms. The molecule has 1 aliphatic heterocycles. The molecule has 0 unspecified atom stereocenters. The minimum absolute atomic E-state index is 0.379. The molecule has 4 heterocycles. The molecule has 0 bridgehead atoms. The molecular weight excluding hydrogens is 354 g/mol. The maximum atomic E-state index is 12.7. The van der Waals surface area contributed by atoms with E-state index in [1.807, 2.05) is 48.8 Å². The number of nitrogens with zero attached hydrogens (tertiary/aromatic N) is 4. The van der Waals surface area contributed by atoms with Gasteiger partial charge in [0.1, 0.15) is 5.58 Å². The van der Waals surface area contributed by atoms with E-state index in [9.17, 15) is 4.79 Å². The second-order valence-electron chi connectivity index (χ2n) is 7.23. The summed E-state index contributed by atoms with van der Waals surface area (Å²) in [5.74, 6) is 0. The third-order valence-electron chi connectivity index (χ3n) is 5.20. The monoisotopic (exact) mass is 375 g/mol. The van der Waals surface area contributed by atoms with Crippen molar-refractivity contribution in [3.63, 3.8) is 0 Å². The Morgan fingerprint density at radius 3 is 2.71 bits per heavy atom. The second kappa shape index (κ2) is 6.45. The van der Waals surface area contributed by atoms with Crippen LogP contribution in [0.2, 0.25) is 0 Å². The number of imidazole rings is 1. The highest BCUT2D eigenvalue weighted by molar-refractivity contribution is 5.84. The molecule has 0 amide bonds. The van der Waals surface area contributed by atoms with E-state index in [0.29, 0.717) is 16.8 Å². The summed E-state index contributed by atoms with van der Waals surface area (Å²) in [5.41, 5.74) is 4.83. The van der Waals surface area contributed by atoms with Gasteiger partial charge in [-0.25, -0.2) is 9.78 Å². The first-order chi connectivity index (χ1) is 13.6. The summed E-state index contributed by atoms with van der Waals surface area (Å²) in [6.45, 7) is 7.67. The van der Waals surface area contributed by atoms with E-state index < -0.39 is 0 Å². The number of benzene rings is 1. The van der Waals surface area contributed by atoms with Crippen LogP contribution in [0.5, 0.6) is 0 Å². The first-order valence-electron chi connectivity index (χ1n) is 9.45. The van der Waals surface area contributed by atoms with Crippen molar-refractivity contribution in [2.75, 3.05) is 31.1 Å². The van der Waals surface area contributed by atoms with Crippen LogP contribution in [0.1, 0.15) is 11.4 Å². The maximum absolute atomic E-state index is 12.7. The van der Waals surface area contributed by atoms with Gasteiger partial charge in [-0.15, -0.1) is 0 Å². The van der Waals surface area contributed by atoms with E-state index in [-0.39, 0.29) is 5.63 Å². The average molecular weight is 375 g/mol. The fourth-order valence-electron chi connectivity index (χ4n) is 3.83. The van der Waals surface area contributed by atoms with Crippen LogP contribution in [-0.2, 0) is 0 Å². The van der Waals surface area contributed by atoms with E-state index in [1.165, 1.54) is 0 Å². The summed E-state index contributed by atoms with van der Waals surface area (Å²) in [6, 6.07) is 7.90. The Kier molecular flexibility index (Phi) is 3.91. The normalized spacial score (nSPS) is 14.9. The van der Waals surface area contributed by atoms with Gasteiger partial charge < -0.3 is 19.0 Å². The molecule has 142 valence electrons. The molecule has 3 aromatic heterocycles. The number of aromatic nitrogens is 3. The second-order valence-corrected chi connectivity index (χ2v) is 7.23. The molecule has 1 aromatic carbocycles. The van der Waals surface area contributed by atoms with Crippen molar-refractivity contribution in [3.8, 4) is 11.3 Å². The molecule has 7 nitrogen and oxygen atoms in total. The van der Waals surface area contributed by atoms with Gasteiger partial charge in [0.25, 0.3) is 0 Å². The Morgan fingerprint density at radius 1 is 1.07 bits per heavy atom. The van der Waals surface area contributed by atoms with Gasteiger partial charge in [-0.3, -0.25) is 4.98 Å². The first-order valence-corrected chi connectivity index (χ1v) is 9.45. The van der Waals surface area contributed by atoms with Crippen molar-refractivity contribution < 1.29 is 4.42 Å². The van der Waals surface area contributed by atoms with Crippen molar-refractivity contribution in [1.82, 2.24) is 19.7 Å². The van der Waals surface area contributed by atoms with Crippen molar-refractivity contribution >= 4 is 22.3 Å². The van der Waals surface area contributed by atoms with Gasteiger partial charge in [-0.05, 0) is 32.0 Å². The molecule has 1 aliphatic rings. The molecule has 1 fully saturated rings. The lowest BCUT2D eigenvalue weighted by molar-refractivity contribution is 0.561. The quantitative estimate of drug-likeness (QED) is 0.543. The Labute approximate surface area is 161 Å². The molecular formula is C21H21N5O2. The molecule has 0 aliphatic carbocycles. The smallest absolute Gasteiger partial charge is 0.345 e. The van der Waals surface area contributed by atoms with Crippen LogP contribution in [0, 0.1) is 13.8 Å². The number of rotatable bonds is 2. The van der Waals surface area contributed by atoms with Crippen molar-refractivity contribution in [2.24, 2.45) is 0 Å². The molecule has 1 N–H and O–H groups in total. The maximum Gasteiger partial charge on any atom is 0.345 e. The summed E-state index contributed by atoms with van der Waals surface area (Å²) in [7, 11) is 0. The molecule has 0 radical (unpaired) electrons. The highest BCUT2D eigenvalue weighted by Gasteiger charge is 2.15. The molecule has 5 rings (SSSR count). The van der Waals surface area contributed by atoms with Crippen LogP contribution in [0.4, 0.5) is 5.69 Å². The summed E-state index contributed by atoms with van der Waals surface area (Å²) in [5, 5.41) is 4.23. The first kappa shape index (κ1) is 16.9. The van der Waals surface area contributed by atoms with Gasteiger partial charge in [0.15, 0.2) is 5.65 Å². The number of piperazine rings is 1. The lowest BCUT2D eigenvalue weighted by atomic mass is 10.1. The third-order valence-corrected chi connectivity index (χ3v) is 5.20. The average Bonchev–Trinajstić information content (AvgIpc) is 3.12. The van der Waals surface area contributed by atoms with Crippen LogP contribution in [0.3, 0.4) is 0 Å². The fraction of sp³-hybridized carbons (Fsp3) is 0.286. The van der Waals surface area contributed by atoms with E-state index in [4.69, 9.17) is 4.42 Å². The molecule has 28 heavy (non-hydrogen) atoms. The van der Waals surface area contributed by atoms with Crippen LogP contribution < -0.4 is 15.8 Å². The molecule has 0 saturated carbocycles. The number of fused-ring (bicyclic) bond motifs is 2.